The van der Waals surface area contributed by atoms with Gasteiger partial charge in [-0.3, -0.25) is 0 Å². The van der Waals surface area contributed by atoms with E-state index in [0.717, 1.165) is 12.5 Å². The monoisotopic (exact) mass is 358 g/mol. The Morgan fingerprint density at radius 2 is 1.00 bits per heavy atom. The summed E-state index contributed by atoms with van der Waals surface area (Å²) in [5.74, 6) is 0.854. The van der Waals surface area contributed by atoms with E-state index >= 15 is 0 Å². The molecule has 0 atom stereocenters. The summed E-state index contributed by atoms with van der Waals surface area (Å²) in [4.78, 5) is 0. The smallest absolute Gasteiger partial charge is 0.306 e. The van der Waals surface area contributed by atoms with Gasteiger partial charge in [0.25, 0.3) is 0 Å². The van der Waals surface area contributed by atoms with Crippen molar-refractivity contribution in [1.29, 1.82) is 0 Å². The molecule has 23 heavy (non-hydrogen) atoms. The van der Waals surface area contributed by atoms with E-state index in [1.807, 2.05) is 0 Å². The van der Waals surface area contributed by atoms with Crippen LogP contribution in [-0.4, -0.2) is 29.3 Å². The summed E-state index contributed by atoms with van der Waals surface area (Å²) < 4.78 is 59.5. The summed E-state index contributed by atoms with van der Waals surface area (Å²) in [5, 5.41) is 0. The Labute approximate surface area is 134 Å². The maximum Gasteiger partial charge on any atom is 0.306 e. The number of hydrogen-bond donors (Lipinski definition) is 0. The second kappa shape index (κ2) is 6.47. The highest BCUT2D eigenvalue weighted by atomic mass is 32.2. The fourth-order valence-corrected chi connectivity index (χ4v) is 2.57. The summed E-state index contributed by atoms with van der Waals surface area (Å²) in [6.45, 7) is 0. The van der Waals surface area contributed by atoms with E-state index in [4.69, 9.17) is 13.1 Å². The van der Waals surface area contributed by atoms with Crippen LogP contribution in [-0.2, 0) is 20.2 Å². The van der Waals surface area contributed by atoms with Crippen LogP contribution in [0.3, 0.4) is 0 Å². The quantitative estimate of drug-likeness (QED) is 0.730. The second-order valence-corrected chi connectivity index (χ2v) is 7.78. The zero-order chi connectivity index (χ0) is 17.1. The first-order chi connectivity index (χ1) is 10.6. The molecule has 7 nitrogen and oxygen atoms in total. The lowest BCUT2D eigenvalue weighted by Crippen LogP contribution is -2.05. The van der Waals surface area contributed by atoms with Gasteiger partial charge in [-0.1, -0.05) is 12.1 Å². The molecule has 9 heteroatoms. The molecule has 0 aliphatic carbocycles. The fraction of sp³-hybridized carbons (Fsp3) is 0.143. The second-order valence-electron chi connectivity index (χ2n) is 4.63. The van der Waals surface area contributed by atoms with Crippen LogP contribution >= 0.6 is 0 Å². The van der Waals surface area contributed by atoms with Gasteiger partial charge in [0.2, 0.25) is 0 Å². The molecule has 2 aromatic carbocycles. The molecule has 0 heterocycles. The third kappa shape index (κ3) is 6.17. The topological polar surface area (TPSA) is 96.0 Å². The number of hydrogen-bond acceptors (Lipinski definition) is 7. The van der Waals surface area contributed by atoms with E-state index in [1.165, 1.54) is 24.3 Å². The lowest BCUT2D eigenvalue weighted by Gasteiger charge is -2.09. The molecule has 0 bridgehead atoms. The van der Waals surface area contributed by atoms with Crippen molar-refractivity contribution in [3.8, 4) is 23.0 Å². The first-order valence-corrected chi connectivity index (χ1v) is 9.91. The molecular formula is C14H14O7S2. The first-order valence-electron chi connectivity index (χ1n) is 6.28. The zero-order valence-electron chi connectivity index (χ0n) is 12.3. The number of benzene rings is 2. The molecule has 2 aromatic rings. The molecule has 0 fully saturated rings. The van der Waals surface area contributed by atoms with Gasteiger partial charge in [-0.2, -0.15) is 16.8 Å². The molecule has 124 valence electrons. The average molecular weight is 358 g/mol. The third-order valence-electron chi connectivity index (χ3n) is 2.34. The van der Waals surface area contributed by atoms with Crippen LogP contribution in [0.2, 0.25) is 0 Å². The standard InChI is InChI=1S/C14H14O7S2/c1-22(15,16)20-13-7-3-5-11(9-13)19-12-6-4-8-14(10-12)21-23(2,17)18/h3-10H,1-2H3. The highest BCUT2D eigenvalue weighted by Crippen LogP contribution is 2.28. The lowest BCUT2D eigenvalue weighted by atomic mass is 10.3. The average Bonchev–Trinajstić information content (AvgIpc) is 2.35. The maximum absolute atomic E-state index is 11.1. The van der Waals surface area contributed by atoms with Crippen LogP contribution in [0, 0.1) is 0 Å². The molecule has 0 aliphatic heterocycles. The Hall–Kier alpha value is -2.26. The summed E-state index contributed by atoms with van der Waals surface area (Å²) in [6, 6.07) is 12.0. The molecule has 0 saturated carbocycles. The number of ether oxygens (including phenoxy) is 1. The van der Waals surface area contributed by atoms with E-state index < -0.39 is 20.2 Å². The Kier molecular flexibility index (Phi) is 4.81. The Morgan fingerprint density at radius 1 is 0.652 bits per heavy atom. The van der Waals surface area contributed by atoms with Gasteiger partial charge in [0.15, 0.2) is 0 Å². The third-order valence-corrected chi connectivity index (χ3v) is 3.33. The van der Waals surface area contributed by atoms with Crippen LogP contribution in [0.1, 0.15) is 0 Å². The molecule has 0 unspecified atom stereocenters. The fourth-order valence-electron chi connectivity index (χ4n) is 1.66. The van der Waals surface area contributed by atoms with Crippen molar-refractivity contribution in [3.05, 3.63) is 48.5 Å². The maximum atomic E-state index is 11.1. The molecule has 0 aromatic heterocycles. The van der Waals surface area contributed by atoms with Gasteiger partial charge in [-0.25, -0.2) is 0 Å². The Bertz CT molecular complexity index is 827. The van der Waals surface area contributed by atoms with Crippen LogP contribution < -0.4 is 13.1 Å². The van der Waals surface area contributed by atoms with E-state index in [2.05, 4.69) is 0 Å². The highest BCUT2D eigenvalue weighted by Gasteiger charge is 2.08. The van der Waals surface area contributed by atoms with Gasteiger partial charge in [-0.05, 0) is 24.3 Å². The molecule has 0 amide bonds. The van der Waals surface area contributed by atoms with Crippen molar-refractivity contribution >= 4 is 20.2 Å². The molecule has 0 saturated heterocycles. The molecule has 0 N–H and O–H groups in total. The van der Waals surface area contributed by atoms with E-state index in [1.54, 1.807) is 24.3 Å². The largest absolute Gasteiger partial charge is 0.457 e. The van der Waals surface area contributed by atoms with E-state index in [9.17, 15) is 16.8 Å². The van der Waals surface area contributed by atoms with Gasteiger partial charge < -0.3 is 13.1 Å². The summed E-state index contributed by atoms with van der Waals surface area (Å²) in [5.41, 5.74) is 0. The van der Waals surface area contributed by atoms with E-state index in [0.29, 0.717) is 11.5 Å². The summed E-state index contributed by atoms with van der Waals surface area (Å²) >= 11 is 0. The highest BCUT2D eigenvalue weighted by molar-refractivity contribution is 7.86. The van der Waals surface area contributed by atoms with Gasteiger partial charge in [-0.15, -0.1) is 0 Å². The minimum Gasteiger partial charge on any atom is -0.457 e. The molecule has 0 radical (unpaired) electrons. The van der Waals surface area contributed by atoms with Crippen molar-refractivity contribution in [2.45, 2.75) is 0 Å². The van der Waals surface area contributed by atoms with Gasteiger partial charge in [0.1, 0.15) is 23.0 Å². The number of rotatable bonds is 6. The minimum absolute atomic E-state index is 0.105. The van der Waals surface area contributed by atoms with Crippen molar-refractivity contribution in [1.82, 2.24) is 0 Å². The van der Waals surface area contributed by atoms with Crippen molar-refractivity contribution in [2.24, 2.45) is 0 Å². The summed E-state index contributed by atoms with van der Waals surface area (Å²) in [6.07, 6.45) is 1.87. The van der Waals surface area contributed by atoms with E-state index in [-0.39, 0.29) is 11.5 Å². The van der Waals surface area contributed by atoms with Crippen molar-refractivity contribution < 1.29 is 29.9 Å². The Morgan fingerprint density at radius 3 is 1.35 bits per heavy atom. The van der Waals surface area contributed by atoms with Crippen LogP contribution in [0.5, 0.6) is 23.0 Å². The lowest BCUT2D eigenvalue weighted by molar-refractivity contribution is 0.465. The van der Waals surface area contributed by atoms with Crippen molar-refractivity contribution in [2.75, 3.05) is 12.5 Å². The van der Waals surface area contributed by atoms with Crippen LogP contribution in [0.15, 0.2) is 48.5 Å². The van der Waals surface area contributed by atoms with Crippen LogP contribution in [0.25, 0.3) is 0 Å². The molecule has 0 spiro atoms. The first kappa shape index (κ1) is 17.1. The van der Waals surface area contributed by atoms with Crippen molar-refractivity contribution in [3.63, 3.8) is 0 Å². The predicted molar refractivity (Wildman–Crippen MR) is 83.9 cm³/mol. The van der Waals surface area contributed by atoms with Gasteiger partial charge in [0.05, 0.1) is 12.5 Å². The summed E-state index contributed by atoms with van der Waals surface area (Å²) in [7, 11) is -7.27. The molecule has 2 rings (SSSR count). The minimum atomic E-state index is -3.64. The molecule has 0 aliphatic rings. The SMILES string of the molecule is CS(=O)(=O)Oc1cccc(Oc2cccc(OS(C)(=O)=O)c2)c1. The Balaban J connectivity index is 2.19. The zero-order valence-corrected chi connectivity index (χ0v) is 13.9. The van der Waals surface area contributed by atoms with Crippen LogP contribution in [0.4, 0.5) is 0 Å². The van der Waals surface area contributed by atoms with Gasteiger partial charge >= 0.3 is 20.2 Å². The molecular weight excluding hydrogens is 344 g/mol. The predicted octanol–water partition coefficient (Wildman–Crippen LogP) is 2.16. The van der Waals surface area contributed by atoms with Gasteiger partial charge in [0, 0.05) is 12.1 Å². The normalized spacial score (nSPS) is 11.7.